The summed E-state index contributed by atoms with van der Waals surface area (Å²) in [5.41, 5.74) is 0. The third-order valence-electron chi connectivity index (χ3n) is 10.6. The number of likely N-dealkylation sites (N-methyl/N-ethyl adjacent to an activating group) is 4. The second-order valence-electron chi connectivity index (χ2n) is 15.6. The van der Waals surface area contributed by atoms with Crippen LogP contribution in [0.4, 0.5) is 19.2 Å². The number of hydrogen-bond donors (Lipinski definition) is 4. The number of unbranched alkanes of at least 4 members (excludes halogenated alkanes) is 1. The summed E-state index contributed by atoms with van der Waals surface area (Å²) in [5.74, 6) is 0. The Bertz CT molecular complexity index is 998. The number of ether oxygens (including phenoxy) is 4. The van der Waals surface area contributed by atoms with Gasteiger partial charge in [0.05, 0.1) is 80.0 Å². The molecule has 4 amide bonds. The average molecular weight is 841 g/mol. The molecule has 0 aliphatic heterocycles. The molecule has 0 saturated carbocycles. The van der Waals surface area contributed by atoms with Gasteiger partial charge in [0.1, 0.15) is 52.6 Å². The summed E-state index contributed by atoms with van der Waals surface area (Å²) >= 11 is 0. The van der Waals surface area contributed by atoms with Crippen molar-refractivity contribution >= 4 is 24.4 Å². The predicted molar refractivity (Wildman–Crippen MR) is 238 cm³/mol. The fourth-order valence-corrected chi connectivity index (χ4v) is 6.38. The zero-order valence-corrected chi connectivity index (χ0v) is 40.6. The summed E-state index contributed by atoms with van der Waals surface area (Å²) in [6, 6.07) is 0. The molecular formula is C42H96N8O8+4. The number of nitrogens with zero attached hydrogens (tertiary/aromatic N) is 4. The van der Waals surface area contributed by atoms with Crippen LogP contribution >= 0.6 is 0 Å². The van der Waals surface area contributed by atoms with Crippen molar-refractivity contribution < 1.29 is 56.1 Å². The molecule has 0 saturated heterocycles. The van der Waals surface area contributed by atoms with Crippen LogP contribution in [-0.4, -0.2) is 203 Å². The number of alkyl carbamates (subject to hydrolysis) is 4. The summed E-state index contributed by atoms with van der Waals surface area (Å²) in [5, 5.41) is 9.76. The van der Waals surface area contributed by atoms with E-state index in [0.29, 0.717) is 26.4 Å². The van der Waals surface area contributed by atoms with Gasteiger partial charge in [-0.3, -0.25) is 0 Å². The molecular weight excluding hydrogens is 745 g/mol. The number of carbonyl (C=O) groups excluding carboxylic acids is 4. The van der Waals surface area contributed by atoms with Crippen LogP contribution in [0.15, 0.2) is 0 Å². The average Bonchev–Trinajstić information content (AvgIpc) is 3.21. The van der Waals surface area contributed by atoms with E-state index in [1.54, 1.807) is 28.2 Å². The Balaban J connectivity index is -0.000000339. The third-order valence-corrected chi connectivity index (χ3v) is 10.6. The fourth-order valence-electron chi connectivity index (χ4n) is 6.38. The lowest BCUT2D eigenvalue weighted by Crippen LogP contribution is -2.51. The molecule has 1 unspecified atom stereocenters. The summed E-state index contributed by atoms with van der Waals surface area (Å²) in [6.45, 7) is 35.6. The molecule has 0 radical (unpaired) electrons. The number of amides is 4. The molecule has 0 fully saturated rings. The molecule has 0 aromatic carbocycles. The van der Waals surface area contributed by atoms with E-state index in [2.05, 4.69) is 83.6 Å². The van der Waals surface area contributed by atoms with E-state index in [1.807, 2.05) is 21.1 Å². The highest BCUT2D eigenvalue weighted by Crippen LogP contribution is 2.12. The van der Waals surface area contributed by atoms with E-state index in [1.165, 1.54) is 58.3 Å². The van der Waals surface area contributed by atoms with Gasteiger partial charge in [-0.2, -0.15) is 0 Å². The molecule has 0 aliphatic carbocycles. The van der Waals surface area contributed by atoms with Crippen molar-refractivity contribution in [2.45, 2.75) is 94.4 Å². The Hall–Kier alpha value is -3.08. The van der Waals surface area contributed by atoms with Crippen LogP contribution in [0.2, 0.25) is 0 Å². The highest BCUT2D eigenvalue weighted by molar-refractivity contribution is 5.67. The van der Waals surface area contributed by atoms with E-state index in [-0.39, 0.29) is 24.4 Å². The minimum Gasteiger partial charge on any atom is -0.444 e. The molecule has 4 N–H and O–H groups in total. The molecule has 58 heavy (non-hydrogen) atoms. The monoisotopic (exact) mass is 841 g/mol. The zero-order chi connectivity index (χ0) is 45.5. The van der Waals surface area contributed by atoms with Gasteiger partial charge in [0, 0.05) is 28.2 Å². The largest absolute Gasteiger partial charge is 0.444 e. The highest BCUT2D eigenvalue weighted by Gasteiger charge is 2.25. The van der Waals surface area contributed by atoms with Crippen LogP contribution < -0.4 is 21.3 Å². The second kappa shape index (κ2) is 38.1. The lowest BCUT2D eigenvalue weighted by Gasteiger charge is -2.37. The van der Waals surface area contributed by atoms with Crippen LogP contribution in [0.3, 0.4) is 0 Å². The summed E-state index contributed by atoms with van der Waals surface area (Å²) in [4.78, 5) is 43.4. The van der Waals surface area contributed by atoms with E-state index in [0.717, 1.165) is 76.8 Å². The lowest BCUT2D eigenvalue weighted by atomic mass is 10.2. The van der Waals surface area contributed by atoms with E-state index < -0.39 is 0 Å². The maximum Gasteiger partial charge on any atom is 0.407 e. The quantitative estimate of drug-likeness (QED) is 0.0644. The second-order valence-corrected chi connectivity index (χ2v) is 15.6. The van der Waals surface area contributed by atoms with E-state index in [4.69, 9.17) is 18.9 Å². The Morgan fingerprint density at radius 1 is 0.362 bits per heavy atom. The molecule has 16 heteroatoms. The first-order chi connectivity index (χ1) is 27.4. The molecule has 16 nitrogen and oxygen atoms in total. The van der Waals surface area contributed by atoms with Gasteiger partial charge < -0.3 is 58.1 Å². The molecule has 348 valence electrons. The van der Waals surface area contributed by atoms with Crippen LogP contribution in [0.1, 0.15) is 94.4 Å². The van der Waals surface area contributed by atoms with Crippen LogP contribution in [0.5, 0.6) is 0 Å². The molecule has 0 spiro atoms. The summed E-state index contributed by atoms with van der Waals surface area (Å²) in [7, 11) is 12.4. The van der Waals surface area contributed by atoms with Crippen molar-refractivity contribution in [2.75, 3.05) is 161 Å². The molecule has 0 aromatic heterocycles. The number of rotatable bonds is 26. The maximum atomic E-state index is 11.0. The maximum absolute atomic E-state index is 11.0. The molecule has 0 rings (SSSR count). The van der Waals surface area contributed by atoms with Gasteiger partial charge >= 0.3 is 24.4 Å². The predicted octanol–water partition coefficient (Wildman–Crippen LogP) is 5.66. The number of hydrogen-bond acceptors (Lipinski definition) is 8. The Morgan fingerprint density at radius 2 is 0.621 bits per heavy atom. The Kier molecular flexibility index (Phi) is 40.5. The fraction of sp³-hybridized carbons (Fsp3) is 0.905. The van der Waals surface area contributed by atoms with Gasteiger partial charge in [-0.25, -0.2) is 19.2 Å². The van der Waals surface area contributed by atoms with E-state index >= 15 is 0 Å². The number of quaternary nitrogens is 4. The Labute approximate surface area is 356 Å². The normalized spacial score (nSPS) is 12.0. The van der Waals surface area contributed by atoms with Crippen molar-refractivity contribution in [1.82, 2.24) is 21.3 Å². The number of carbonyl (C=O) groups is 4. The molecule has 0 heterocycles. The van der Waals surface area contributed by atoms with Gasteiger partial charge in [0.15, 0.2) is 0 Å². The van der Waals surface area contributed by atoms with Gasteiger partial charge in [0.25, 0.3) is 0 Å². The molecule has 0 aliphatic rings. The van der Waals surface area contributed by atoms with E-state index in [9.17, 15) is 19.2 Å². The van der Waals surface area contributed by atoms with Gasteiger partial charge in [-0.15, -0.1) is 0 Å². The minimum absolute atomic E-state index is 0.328. The van der Waals surface area contributed by atoms with Gasteiger partial charge in [-0.1, -0.05) is 34.1 Å². The minimum atomic E-state index is -0.363. The van der Waals surface area contributed by atoms with Gasteiger partial charge in [-0.05, 0) is 60.3 Å². The van der Waals surface area contributed by atoms with Crippen LogP contribution in [-0.2, 0) is 18.9 Å². The Morgan fingerprint density at radius 3 is 0.845 bits per heavy atom. The standard InChI is InChI=1S/C13H28N2O2.C12H26N2O2.C10H22N2O2.C7H16N2O2/c1-5-8-10-15(7-3,9-6-2)11-12-17-13(16)14-4;1-5-8-14(7-3,9-6-2)10-11-16-12(15)13-4;1-5-12(6-2,7-3)8-9-14-10(13)11-4;1-8-7(10)11-6-5-9(2,3)4/h5-12H2,1-4H3;5-11H2,1-4H3;5-9H2,1-4H3;5-6H2,1-4H3/p+4. The molecule has 0 bridgehead atoms. The smallest absolute Gasteiger partial charge is 0.407 e. The first-order valence-electron chi connectivity index (χ1n) is 22.1. The molecule has 0 aromatic rings. The summed E-state index contributed by atoms with van der Waals surface area (Å²) in [6.07, 6.45) is 4.63. The van der Waals surface area contributed by atoms with Crippen LogP contribution in [0.25, 0.3) is 0 Å². The van der Waals surface area contributed by atoms with Crippen molar-refractivity contribution in [3.05, 3.63) is 0 Å². The SMILES string of the molecule is CCCC[N+](CC)(CCC)CCOC(=O)NC.CCC[N+](CC)(CCC)CCOC(=O)NC.CC[N+](CC)(CC)CCOC(=O)NC.CNC(=O)OCC[N+](C)(C)C. The van der Waals surface area contributed by atoms with Crippen molar-refractivity contribution in [1.29, 1.82) is 0 Å². The topological polar surface area (TPSA) is 153 Å². The third kappa shape index (κ3) is 33.8. The van der Waals surface area contributed by atoms with Crippen molar-refractivity contribution in [3.8, 4) is 0 Å². The lowest BCUT2D eigenvalue weighted by molar-refractivity contribution is -0.926. The van der Waals surface area contributed by atoms with Crippen molar-refractivity contribution in [2.24, 2.45) is 0 Å². The zero-order valence-electron chi connectivity index (χ0n) is 40.6. The van der Waals surface area contributed by atoms with Gasteiger partial charge in [0.2, 0.25) is 0 Å². The first kappa shape index (κ1) is 61.6. The molecule has 1 atom stereocenters. The van der Waals surface area contributed by atoms with Crippen LogP contribution in [0, 0.1) is 0 Å². The summed E-state index contributed by atoms with van der Waals surface area (Å²) < 4.78 is 23.9. The van der Waals surface area contributed by atoms with Crippen molar-refractivity contribution in [3.63, 3.8) is 0 Å². The highest BCUT2D eigenvalue weighted by atomic mass is 16.6. The number of nitrogens with one attached hydrogen (secondary N) is 4. The first-order valence-corrected chi connectivity index (χ1v) is 22.1.